The van der Waals surface area contributed by atoms with Gasteiger partial charge < -0.3 is 20.4 Å². The molecule has 0 aliphatic heterocycles. The average molecular weight is 376 g/mol. The summed E-state index contributed by atoms with van der Waals surface area (Å²) in [5.74, 6) is -1.65. The molecule has 0 fully saturated rings. The molecule has 7 heteroatoms. The third-order valence-electron chi connectivity index (χ3n) is 4.65. The first kappa shape index (κ1) is 18.1. The molecule has 1 amide bonds. The van der Waals surface area contributed by atoms with E-state index in [9.17, 15) is 9.18 Å². The van der Waals surface area contributed by atoms with Crippen LogP contribution in [0.3, 0.4) is 0 Å². The Balaban J connectivity index is 1.64. The fraction of sp³-hybridized carbons (Fsp3) is 0. The molecule has 4 aromatic carbocycles. The number of amides is 1. The van der Waals surface area contributed by atoms with Crippen molar-refractivity contribution < 1.29 is 24.3 Å². The van der Waals surface area contributed by atoms with E-state index >= 15 is 0 Å². The van der Waals surface area contributed by atoms with Crippen LogP contribution in [-0.4, -0.2) is 27.7 Å². The van der Waals surface area contributed by atoms with Crippen molar-refractivity contribution in [3.8, 4) is 0 Å². The maximum absolute atomic E-state index is 14.2. The molecule has 0 radical (unpaired) electrons. The highest BCUT2D eigenvalue weighted by Crippen LogP contribution is 2.25. The summed E-state index contributed by atoms with van der Waals surface area (Å²) in [5.41, 5.74) is -0.185. The van der Waals surface area contributed by atoms with Crippen molar-refractivity contribution in [3.63, 3.8) is 0 Å². The highest BCUT2D eigenvalue weighted by Gasteiger charge is 2.21. The Morgan fingerprint density at radius 3 is 2.07 bits per heavy atom. The molecule has 0 aromatic heterocycles. The summed E-state index contributed by atoms with van der Waals surface area (Å²) in [6, 6.07) is 20.3. The van der Waals surface area contributed by atoms with Crippen LogP contribution in [0.5, 0.6) is 0 Å². The number of hydrogen-bond donors (Lipinski definition) is 4. The molecular formula is C21H16BFNO4-. The third-order valence-corrected chi connectivity index (χ3v) is 4.65. The fourth-order valence-corrected chi connectivity index (χ4v) is 3.17. The van der Waals surface area contributed by atoms with E-state index in [2.05, 4.69) is 11.4 Å². The summed E-state index contributed by atoms with van der Waals surface area (Å²) >= 11 is 0. The zero-order valence-electron chi connectivity index (χ0n) is 14.6. The molecule has 0 unspecified atom stereocenters. The van der Waals surface area contributed by atoms with Crippen molar-refractivity contribution in [2.24, 2.45) is 0 Å². The molecule has 5 nitrogen and oxygen atoms in total. The Morgan fingerprint density at radius 2 is 1.43 bits per heavy atom. The largest absolute Gasteiger partial charge is 0.556 e. The lowest BCUT2D eigenvalue weighted by Gasteiger charge is -2.21. The van der Waals surface area contributed by atoms with Crippen molar-refractivity contribution in [2.45, 2.75) is 0 Å². The molecule has 4 aromatic rings. The average Bonchev–Trinajstić information content (AvgIpc) is 2.65. The van der Waals surface area contributed by atoms with Crippen molar-refractivity contribution in [1.29, 1.82) is 0 Å². The van der Waals surface area contributed by atoms with Gasteiger partial charge in [0.2, 0.25) is 0 Å². The van der Waals surface area contributed by atoms with Gasteiger partial charge in [-0.15, -0.1) is 5.46 Å². The minimum atomic E-state index is -3.82. The van der Waals surface area contributed by atoms with Crippen LogP contribution in [0.1, 0.15) is 10.4 Å². The first-order valence-corrected chi connectivity index (χ1v) is 8.66. The van der Waals surface area contributed by atoms with Gasteiger partial charge in [0.1, 0.15) is 5.82 Å². The zero-order valence-corrected chi connectivity index (χ0v) is 14.6. The molecule has 0 saturated carbocycles. The quantitative estimate of drug-likeness (QED) is 0.327. The van der Waals surface area contributed by atoms with Crippen LogP contribution in [-0.2, 0) is 0 Å². The van der Waals surface area contributed by atoms with Crippen LogP contribution in [0.4, 0.5) is 10.1 Å². The number of fused-ring (bicyclic) bond motifs is 2. The maximum Gasteiger partial charge on any atom is 0.402 e. The summed E-state index contributed by atoms with van der Waals surface area (Å²) < 4.78 is 14.2. The van der Waals surface area contributed by atoms with Crippen LogP contribution < -0.4 is 10.8 Å². The predicted molar refractivity (Wildman–Crippen MR) is 108 cm³/mol. The fourth-order valence-electron chi connectivity index (χ4n) is 3.17. The molecule has 0 aliphatic carbocycles. The van der Waals surface area contributed by atoms with Crippen molar-refractivity contribution in [3.05, 3.63) is 84.2 Å². The van der Waals surface area contributed by atoms with E-state index < -0.39 is 23.9 Å². The van der Waals surface area contributed by atoms with Gasteiger partial charge in [0.25, 0.3) is 5.91 Å². The molecule has 0 spiro atoms. The topological polar surface area (TPSA) is 89.8 Å². The van der Waals surface area contributed by atoms with Gasteiger partial charge in [-0.05, 0) is 51.9 Å². The number of halogens is 1. The molecule has 4 rings (SSSR count). The normalized spacial score (nSPS) is 11.7. The number of benzene rings is 4. The Bertz CT molecular complexity index is 1220. The molecule has 0 bridgehead atoms. The highest BCUT2D eigenvalue weighted by molar-refractivity contribution is 6.71. The molecule has 28 heavy (non-hydrogen) atoms. The summed E-state index contributed by atoms with van der Waals surface area (Å²) in [7, 11) is 0. The number of hydrogen-bond acceptors (Lipinski definition) is 4. The number of carbonyl (C=O) groups is 1. The Labute approximate surface area is 159 Å². The van der Waals surface area contributed by atoms with Crippen LogP contribution in [0, 0.1) is 5.82 Å². The van der Waals surface area contributed by atoms with Gasteiger partial charge in [-0.25, -0.2) is 4.39 Å². The Hall–Kier alpha value is -3.26. The van der Waals surface area contributed by atoms with E-state index in [0.29, 0.717) is 5.69 Å². The van der Waals surface area contributed by atoms with Gasteiger partial charge in [-0.1, -0.05) is 42.5 Å². The van der Waals surface area contributed by atoms with Crippen molar-refractivity contribution in [1.82, 2.24) is 0 Å². The lowest BCUT2D eigenvalue weighted by Crippen LogP contribution is -2.49. The number of rotatable bonds is 3. The summed E-state index contributed by atoms with van der Waals surface area (Å²) in [4.78, 5) is 12.4. The van der Waals surface area contributed by atoms with Crippen LogP contribution in [0.25, 0.3) is 21.5 Å². The van der Waals surface area contributed by atoms with Gasteiger partial charge in [-0.3, -0.25) is 4.79 Å². The van der Waals surface area contributed by atoms with Crippen LogP contribution >= 0.6 is 0 Å². The van der Waals surface area contributed by atoms with E-state index in [1.807, 2.05) is 36.4 Å². The summed E-state index contributed by atoms with van der Waals surface area (Å²) in [6.07, 6.45) is 0. The molecular weight excluding hydrogens is 360 g/mol. The molecule has 0 saturated heterocycles. The monoisotopic (exact) mass is 376 g/mol. The molecule has 140 valence electrons. The molecule has 0 heterocycles. The second-order valence-electron chi connectivity index (χ2n) is 6.69. The Kier molecular flexibility index (Phi) is 4.35. The van der Waals surface area contributed by atoms with Gasteiger partial charge in [-0.2, -0.15) is 0 Å². The number of anilines is 1. The zero-order chi connectivity index (χ0) is 19.9. The first-order valence-electron chi connectivity index (χ1n) is 8.66. The minimum absolute atomic E-state index is 0.276. The van der Waals surface area contributed by atoms with E-state index in [1.54, 1.807) is 12.1 Å². The maximum atomic E-state index is 14.2. The van der Waals surface area contributed by atoms with Crippen molar-refractivity contribution >= 4 is 45.4 Å². The molecule has 0 atom stereocenters. The second-order valence-corrected chi connectivity index (χ2v) is 6.69. The number of carbonyl (C=O) groups excluding carboxylic acids is 1. The number of nitrogens with one attached hydrogen (secondary N) is 1. The highest BCUT2D eigenvalue weighted by atomic mass is 19.1. The minimum Gasteiger partial charge on any atom is -0.556 e. The van der Waals surface area contributed by atoms with E-state index in [-0.39, 0.29) is 5.56 Å². The van der Waals surface area contributed by atoms with E-state index in [1.165, 1.54) is 0 Å². The first-order chi connectivity index (χ1) is 13.3. The lowest BCUT2D eigenvalue weighted by molar-refractivity contribution is 0.102. The summed E-state index contributed by atoms with van der Waals surface area (Å²) in [5, 5.41) is 34.2. The van der Waals surface area contributed by atoms with Gasteiger partial charge in [0.05, 0.1) is 5.56 Å². The van der Waals surface area contributed by atoms with Gasteiger partial charge >= 0.3 is 6.75 Å². The van der Waals surface area contributed by atoms with Crippen molar-refractivity contribution in [2.75, 3.05) is 5.32 Å². The van der Waals surface area contributed by atoms with E-state index in [0.717, 1.165) is 39.7 Å². The standard InChI is InChI=1S/C21H16BFNO4/c23-20-12-17(22(26,27)28)6-8-19(20)21(25)24-18-7-5-15-9-13-3-1-2-4-14(13)10-16(15)11-18/h1-12,26-28H,(H,24,25)/q-1. The van der Waals surface area contributed by atoms with E-state index in [4.69, 9.17) is 15.1 Å². The van der Waals surface area contributed by atoms with Gasteiger partial charge in [0.15, 0.2) is 0 Å². The lowest BCUT2D eigenvalue weighted by atomic mass is 9.71. The SMILES string of the molecule is O=C(Nc1ccc2cc3ccccc3cc2c1)c1ccc([B-](O)(O)O)cc1F. The molecule has 4 N–H and O–H groups in total. The van der Waals surface area contributed by atoms with Crippen LogP contribution in [0.2, 0.25) is 0 Å². The predicted octanol–water partition coefficient (Wildman–Crippen LogP) is 2.51. The second kappa shape index (κ2) is 6.72. The molecule has 0 aliphatic rings. The summed E-state index contributed by atoms with van der Waals surface area (Å²) in [6.45, 7) is -3.82. The Morgan fingerprint density at radius 1 is 0.786 bits per heavy atom. The van der Waals surface area contributed by atoms with Gasteiger partial charge in [0, 0.05) is 5.69 Å². The third kappa shape index (κ3) is 3.46. The smallest absolute Gasteiger partial charge is 0.402 e. The van der Waals surface area contributed by atoms with Crippen LogP contribution in [0.15, 0.2) is 72.8 Å².